The van der Waals surface area contributed by atoms with Gasteiger partial charge < -0.3 is 4.90 Å². The summed E-state index contributed by atoms with van der Waals surface area (Å²) in [5.41, 5.74) is 0. The summed E-state index contributed by atoms with van der Waals surface area (Å²) in [4.78, 5) is 2.50. The number of hydrogen-bond donors (Lipinski definition) is 0. The van der Waals surface area contributed by atoms with E-state index in [1.54, 1.807) is 0 Å². The molecule has 15 heavy (non-hydrogen) atoms. The number of nitrogens with zero attached hydrogens (tertiary/aromatic N) is 1. The molecule has 2 aliphatic carbocycles. The zero-order valence-corrected chi connectivity index (χ0v) is 10.3. The fraction of sp³-hybridized carbons (Fsp3) is 1.00. The van der Waals surface area contributed by atoms with Crippen molar-refractivity contribution in [3.05, 3.63) is 0 Å². The van der Waals surface area contributed by atoms with Crippen LogP contribution < -0.4 is 0 Å². The van der Waals surface area contributed by atoms with E-state index in [4.69, 9.17) is 7.85 Å². The average molecular weight is 205 g/mol. The van der Waals surface area contributed by atoms with Crippen LogP contribution in [-0.4, -0.2) is 31.3 Å². The number of rotatable bonds is 3. The Hall–Kier alpha value is 0.0249. The molecule has 2 heteroatoms. The molecule has 3 atom stereocenters. The van der Waals surface area contributed by atoms with E-state index in [9.17, 15) is 0 Å². The third-order valence-corrected chi connectivity index (χ3v) is 4.46. The maximum absolute atomic E-state index is 6.05. The fourth-order valence-corrected chi connectivity index (χ4v) is 3.85. The van der Waals surface area contributed by atoms with Gasteiger partial charge in [0.1, 0.15) is 0 Å². The van der Waals surface area contributed by atoms with Gasteiger partial charge in [0.15, 0.2) is 0 Å². The van der Waals surface area contributed by atoms with Gasteiger partial charge in [0.25, 0.3) is 0 Å². The average Bonchev–Trinajstić information content (AvgIpc) is 2.17. The van der Waals surface area contributed by atoms with E-state index in [1.807, 2.05) is 0 Å². The van der Waals surface area contributed by atoms with Crippen molar-refractivity contribution in [2.24, 2.45) is 11.8 Å². The van der Waals surface area contributed by atoms with E-state index in [1.165, 1.54) is 38.5 Å². The Labute approximate surface area is 96.0 Å². The highest BCUT2D eigenvalue weighted by Crippen LogP contribution is 2.41. The van der Waals surface area contributed by atoms with Crippen LogP contribution in [-0.2, 0) is 0 Å². The van der Waals surface area contributed by atoms with Gasteiger partial charge in [0.2, 0.25) is 0 Å². The minimum atomic E-state index is 0.235. The quantitative estimate of drug-likeness (QED) is 0.640. The lowest BCUT2D eigenvalue weighted by Gasteiger charge is -2.45. The summed E-state index contributed by atoms with van der Waals surface area (Å²) in [6.45, 7) is 5.49. The Morgan fingerprint density at radius 3 is 2.27 bits per heavy atom. The lowest BCUT2D eigenvalue weighted by atomic mass is 9.69. The minimum Gasteiger partial charge on any atom is -0.307 e. The number of fused-ring (bicyclic) bond motifs is 2. The third kappa shape index (κ3) is 2.58. The van der Waals surface area contributed by atoms with Crippen molar-refractivity contribution in [3.63, 3.8) is 0 Å². The lowest BCUT2D eigenvalue weighted by Crippen LogP contribution is -2.46. The molecule has 3 unspecified atom stereocenters. The molecule has 1 nitrogen and oxygen atoms in total. The van der Waals surface area contributed by atoms with Gasteiger partial charge in [-0.2, -0.15) is 0 Å². The highest BCUT2D eigenvalue weighted by Gasteiger charge is 2.34. The highest BCUT2D eigenvalue weighted by atomic mass is 15.2. The summed E-state index contributed by atoms with van der Waals surface area (Å²) in [6.07, 6.45) is 8.75. The van der Waals surface area contributed by atoms with E-state index in [2.05, 4.69) is 18.7 Å². The Bertz CT molecular complexity index is 193. The maximum atomic E-state index is 6.05. The molecule has 0 aromatic carbocycles. The van der Waals surface area contributed by atoms with Gasteiger partial charge in [0, 0.05) is 6.04 Å². The molecular weight excluding hydrogens is 181 g/mol. The molecule has 0 heterocycles. The maximum Gasteiger partial charge on any atom is 0.0906 e. The zero-order chi connectivity index (χ0) is 10.8. The predicted octanol–water partition coefficient (Wildman–Crippen LogP) is 2.79. The van der Waals surface area contributed by atoms with Crippen LogP contribution in [0.2, 0.25) is 0 Å². The summed E-state index contributed by atoms with van der Waals surface area (Å²) in [7, 11) is 6.05. The normalized spacial score (nSPS) is 37.9. The molecule has 0 aliphatic heterocycles. The molecule has 0 N–H and O–H groups in total. The van der Waals surface area contributed by atoms with Crippen LogP contribution in [0.3, 0.4) is 0 Å². The molecule has 0 aromatic rings. The smallest absolute Gasteiger partial charge is 0.0906 e. The van der Waals surface area contributed by atoms with Crippen molar-refractivity contribution >= 4 is 7.85 Å². The van der Waals surface area contributed by atoms with Crippen LogP contribution >= 0.6 is 0 Å². The molecule has 84 valence electrons. The summed E-state index contributed by atoms with van der Waals surface area (Å²) in [5, 5.41) is 0. The summed E-state index contributed by atoms with van der Waals surface area (Å²) in [6, 6.07) is 0.777. The summed E-state index contributed by atoms with van der Waals surface area (Å²) < 4.78 is 0. The van der Waals surface area contributed by atoms with E-state index in [0.29, 0.717) is 0 Å². The van der Waals surface area contributed by atoms with Crippen molar-refractivity contribution < 1.29 is 0 Å². The zero-order valence-electron chi connectivity index (χ0n) is 10.3. The van der Waals surface area contributed by atoms with Crippen molar-refractivity contribution in [3.8, 4) is 0 Å². The first-order valence-electron chi connectivity index (χ1n) is 6.72. The van der Waals surface area contributed by atoms with Gasteiger partial charge in [0.05, 0.1) is 7.85 Å². The number of hydrogen-bond acceptors (Lipinski definition) is 1. The molecule has 0 aromatic heterocycles. The largest absolute Gasteiger partial charge is 0.307 e. The Morgan fingerprint density at radius 1 is 1.20 bits per heavy atom. The van der Waals surface area contributed by atoms with Crippen LogP contribution in [0.1, 0.15) is 52.4 Å². The molecule has 2 bridgehead atoms. The second-order valence-corrected chi connectivity index (χ2v) is 5.59. The molecule has 2 aliphatic rings. The first kappa shape index (κ1) is 11.5. The summed E-state index contributed by atoms with van der Waals surface area (Å²) in [5.74, 6) is 2.25. The molecule has 2 radical (unpaired) electrons. The van der Waals surface area contributed by atoms with Gasteiger partial charge >= 0.3 is 0 Å². The molecule has 0 spiro atoms. The molecular formula is C13H24BN. The first-order valence-corrected chi connectivity index (χ1v) is 6.72. The van der Waals surface area contributed by atoms with Crippen molar-refractivity contribution in [2.45, 2.75) is 64.4 Å². The molecule has 2 fully saturated rings. The Kier molecular flexibility index (Phi) is 3.76. The van der Waals surface area contributed by atoms with Crippen LogP contribution in [0.15, 0.2) is 0 Å². The topological polar surface area (TPSA) is 3.24 Å². The van der Waals surface area contributed by atoms with Gasteiger partial charge in [-0.25, -0.2) is 0 Å². The third-order valence-electron chi connectivity index (χ3n) is 4.46. The van der Waals surface area contributed by atoms with E-state index in [-0.39, 0.29) is 5.94 Å². The van der Waals surface area contributed by atoms with Gasteiger partial charge in [-0.3, -0.25) is 0 Å². The second kappa shape index (κ2) is 4.90. The van der Waals surface area contributed by atoms with Crippen LogP contribution in [0.4, 0.5) is 0 Å². The fourth-order valence-electron chi connectivity index (χ4n) is 3.85. The van der Waals surface area contributed by atoms with Gasteiger partial charge in [-0.05, 0) is 43.6 Å². The predicted molar refractivity (Wildman–Crippen MR) is 66.1 cm³/mol. The van der Waals surface area contributed by atoms with Gasteiger partial charge in [-0.15, -0.1) is 0 Å². The van der Waals surface area contributed by atoms with E-state index >= 15 is 0 Å². The Morgan fingerprint density at radius 2 is 1.80 bits per heavy atom. The molecule has 2 rings (SSSR count). The van der Waals surface area contributed by atoms with E-state index < -0.39 is 0 Å². The SMILES string of the molecule is [B]C(C)N(CC)C1CC2CCCC(C2)C1. The van der Waals surface area contributed by atoms with E-state index in [0.717, 1.165) is 24.4 Å². The van der Waals surface area contributed by atoms with Gasteiger partial charge in [-0.1, -0.05) is 33.1 Å². The monoisotopic (exact) mass is 205 g/mol. The van der Waals surface area contributed by atoms with Crippen molar-refractivity contribution in [1.82, 2.24) is 4.90 Å². The highest BCUT2D eigenvalue weighted by molar-refractivity contribution is 6.11. The lowest BCUT2D eigenvalue weighted by molar-refractivity contribution is 0.0706. The van der Waals surface area contributed by atoms with Crippen LogP contribution in [0.25, 0.3) is 0 Å². The Balaban J connectivity index is 1.97. The minimum absolute atomic E-state index is 0.235. The second-order valence-electron chi connectivity index (χ2n) is 5.59. The first-order chi connectivity index (χ1) is 7.20. The van der Waals surface area contributed by atoms with Crippen molar-refractivity contribution in [2.75, 3.05) is 6.54 Å². The van der Waals surface area contributed by atoms with Crippen LogP contribution in [0, 0.1) is 11.8 Å². The molecule has 0 amide bonds. The van der Waals surface area contributed by atoms with Crippen molar-refractivity contribution in [1.29, 1.82) is 0 Å². The van der Waals surface area contributed by atoms with Crippen LogP contribution in [0.5, 0.6) is 0 Å². The summed E-state index contributed by atoms with van der Waals surface area (Å²) >= 11 is 0. The molecule has 2 saturated carbocycles. The molecule has 0 saturated heterocycles. The standard InChI is InChI=1S/C13H24BN/c1-3-15(10(2)14)13-8-11-5-4-6-12(7-11)9-13/h10-13H,3-9H2,1-2H3.